The number of nitrogens with zero attached hydrogens (tertiary/aromatic N) is 2. The third-order valence-corrected chi connectivity index (χ3v) is 3.27. The van der Waals surface area contributed by atoms with Crippen LogP contribution >= 0.6 is 0 Å². The van der Waals surface area contributed by atoms with Gasteiger partial charge < -0.3 is 5.32 Å². The molecule has 0 unspecified atom stereocenters. The molecular formula is C17H22FN3. The smallest absolute Gasteiger partial charge is 0.130 e. The van der Waals surface area contributed by atoms with Crippen molar-refractivity contribution in [3.05, 3.63) is 59.5 Å². The van der Waals surface area contributed by atoms with Gasteiger partial charge in [-0.05, 0) is 25.6 Å². The molecule has 0 atom stereocenters. The summed E-state index contributed by atoms with van der Waals surface area (Å²) in [6, 6.07) is 10.9. The van der Waals surface area contributed by atoms with Crippen molar-refractivity contribution in [1.29, 1.82) is 0 Å². The monoisotopic (exact) mass is 287 g/mol. The molecule has 0 saturated carbocycles. The van der Waals surface area contributed by atoms with Crippen molar-refractivity contribution in [2.24, 2.45) is 0 Å². The molecule has 1 N–H and O–H groups in total. The van der Waals surface area contributed by atoms with Crippen molar-refractivity contribution in [2.45, 2.75) is 26.4 Å². The van der Waals surface area contributed by atoms with E-state index in [9.17, 15) is 4.39 Å². The van der Waals surface area contributed by atoms with Crippen LogP contribution in [0.15, 0.2) is 42.6 Å². The van der Waals surface area contributed by atoms with Gasteiger partial charge in [-0.2, -0.15) is 0 Å². The molecule has 0 spiro atoms. The van der Waals surface area contributed by atoms with E-state index in [2.05, 4.69) is 28.2 Å². The van der Waals surface area contributed by atoms with Gasteiger partial charge >= 0.3 is 0 Å². The minimum atomic E-state index is -0.153. The maximum Gasteiger partial charge on any atom is 0.130 e. The van der Waals surface area contributed by atoms with Gasteiger partial charge in [0, 0.05) is 37.0 Å². The quantitative estimate of drug-likeness (QED) is 0.842. The Bertz CT molecular complexity index is 571. The summed E-state index contributed by atoms with van der Waals surface area (Å²) in [5.74, 6) is 0.764. The molecule has 112 valence electrons. The number of benzene rings is 1. The molecule has 0 bridgehead atoms. The van der Waals surface area contributed by atoms with Crippen LogP contribution in [0.4, 0.5) is 10.2 Å². The predicted molar refractivity (Wildman–Crippen MR) is 84.6 cm³/mol. The van der Waals surface area contributed by atoms with Crippen molar-refractivity contribution >= 4 is 5.82 Å². The van der Waals surface area contributed by atoms with Crippen molar-refractivity contribution < 1.29 is 4.39 Å². The summed E-state index contributed by atoms with van der Waals surface area (Å²) < 4.78 is 13.7. The zero-order chi connectivity index (χ0) is 15.1. The second-order valence-electron chi connectivity index (χ2n) is 5.20. The van der Waals surface area contributed by atoms with Gasteiger partial charge in [0.25, 0.3) is 0 Å². The molecule has 4 heteroatoms. The largest absolute Gasteiger partial charge is 0.370 e. The Balaban J connectivity index is 2.02. The summed E-state index contributed by atoms with van der Waals surface area (Å²) in [4.78, 5) is 6.47. The van der Waals surface area contributed by atoms with E-state index in [1.54, 1.807) is 12.3 Å². The van der Waals surface area contributed by atoms with Gasteiger partial charge in [-0.25, -0.2) is 9.37 Å². The molecular weight excluding hydrogens is 265 g/mol. The first kappa shape index (κ1) is 15.4. The summed E-state index contributed by atoms with van der Waals surface area (Å²) in [5, 5.41) is 3.33. The van der Waals surface area contributed by atoms with Gasteiger partial charge in [0.1, 0.15) is 11.6 Å². The lowest BCUT2D eigenvalue weighted by Crippen LogP contribution is -2.19. The molecule has 21 heavy (non-hydrogen) atoms. The van der Waals surface area contributed by atoms with Crippen LogP contribution in [0.3, 0.4) is 0 Å². The molecule has 3 nitrogen and oxygen atoms in total. The fraction of sp³-hybridized carbons (Fsp3) is 0.353. The molecule has 1 heterocycles. The summed E-state index contributed by atoms with van der Waals surface area (Å²) in [6.07, 6.45) is 2.85. The molecule has 2 rings (SSSR count). The predicted octanol–water partition coefficient (Wildman–Crippen LogP) is 3.67. The van der Waals surface area contributed by atoms with Crippen LogP contribution in [-0.4, -0.2) is 23.5 Å². The highest BCUT2D eigenvalue weighted by molar-refractivity contribution is 5.43. The first-order chi connectivity index (χ1) is 10.2. The fourth-order valence-corrected chi connectivity index (χ4v) is 2.23. The third kappa shape index (κ3) is 4.53. The lowest BCUT2D eigenvalue weighted by atomic mass is 10.2. The SMILES string of the molecule is CCCNc1ncccc1CN(C)Cc1ccccc1F. The van der Waals surface area contributed by atoms with Gasteiger partial charge in [-0.15, -0.1) is 0 Å². The van der Waals surface area contributed by atoms with Crippen molar-refractivity contribution in [1.82, 2.24) is 9.88 Å². The van der Waals surface area contributed by atoms with Gasteiger partial charge in [0.05, 0.1) is 0 Å². The van der Waals surface area contributed by atoms with Crippen LogP contribution in [-0.2, 0) is 13.1 Å². The molecule has 0 saturated heterocycles. The summed E-state index contributed by atoms with van der Waals surface area (Å²) >= 11 is 0. The average molecular weight is 287 g/mol. The summed E-state index contributed by atoms with van der Waals surface area (Å²) in [6.45, 7) is 4.34. The number of hydrogen-bond donors (Lipinski definition) is 1. The average Bonchev–Trinajstić information content (AvgIpc) is 2.49. The Morgan fingerprint density at radius 3 is 2.57 bits per heavy atom. The fourth-order valence-electron chi connectivity index (χ4n) is 2.23. The zero-order valence-corrected chi connectivity index (χ0v) is 12.6. The van der Waals surface area contributed by atoms with Crippen molar-refractivity contribution in [2.75, 3.05) is 18.9 Å². The third-order valence-electron chi connectivity index (χ3n) is 3.27. The molecule has 0 aliphatic heterocycles. The number of anilines is 1. The molecule has 2 aromatic rings. The number of pyridine rings is 1. The van der Waals surface area contributed by atoms with Crippen LogP contribution in [0.25, 0.3) is 0 Å². The first-order valence-corrected chi connectivity index (χ1v) is 7.30. The topological polar surface area (TPSA) is 28.2 Å². The van der Waals surface area contributed by atoms with Crippen LogP contribution in [0, 0.1) is 5.82 Å². The summed E-state index contributed by atoms with van der Waals surface area (Å²) in [5.41, 5.74) is 1.84. The lowest BCUT2D eigenvalue weighted by molar-refractivity contribution is 0.313. The number of hydrogen-bond acceptors (Lipinski definition) is 3. The Morgan fingerprint density at radius 2 is 1.81 bits per heavy atom. The van der Waals surface area contributed by atoms with Gasteiger partial charge in [-0.1, -0.05) is 31.2 Å². The number of nitrogens with one attached hydrogen (secondary N) is 1. The maximum absolute atomic E-state index is 13.7. The van der Waals surface area contributed by atoms with Gasteiger partial charge in [-0.3, -0.25) is 4.90 Å². The molecule has 1 aromatic heterocycles. The van der Waals surface area contributed by atoms with E-state index in [1.807, 2.05) is 25.2 Å². The molecule has 0 radical (unpaired) electrons. The molecule has 1 aromatic carbocycles. The molecule has 0 amide bonds. The summed E-state index contributed by atoms with van der Waals surface area (Å²) in [7, 11) is 1.99. The highest BCUT2D eigenvalue weighted by atomic mass is 19.1. The first-order valence-electron chi connectivity index (χ1n) is 7.30. The van der Waals surface area contributed by atoms with E-state index in [0.29, 0.717) is 12.1 Å². The van der Waals surface area contributed by atoms with Crippen LogP contribution in [0.2, 0.25) is 0 Å². The van der Waals surface area contributed by atoms with Gasteiger partial charge in [0.15, 0.2) is 0 Å². The Hall–Kier alpha value is -1.94. The van der Waals surface area contributed by atoms with E-state index in [1.165, 1.54) is 6.07 Å². The van der Waals surface area contributed by atoms with E-state index in [-0.39, 0.29) is 5.82 Å². The number of halogens is 1. The number of rotatable bonds is 7. The highest BCUT2D eigenvalue weighted by Crippen LogP contribution is 2.16. The van der Waals surface area contributed by atoms with Crippen molar-refractivity contribution in [3.63, 3.8) is 0 Å². The van der Waals surface area contributed by atoms with E-state index >= 15 is 0 Å². The minimum Gasteiger partial charge on any atom is -0.370 e. The van der Waals surface area contributed by atoms with Crippen LogP contribution in [0.5, 0.6) is 0 Å². The minimum absolute atomic E-state index is 0.153. The van der Waals surface area contributed by atoms with Gasteiger partial charge in [0.2, 0.25) is 0 Å². The highest BCUT2D eigenvalue weighted by Gasteiger charge is 2.09. The van der Waals surface area contributed by atoms with Crippen LogP contribution < -0.4 is 5.32 Å². The molecule has 0 aliphatic rings. The lowest BCUT2D eigenvalue weighted by Gasteiger charge is -2.19. The second-order valence-corrected chi connectivity index (χ2v) is 5.20. The Morgan fingerprint density at radius 1 is 1.10 bits per heavy atom. The normalized spacial score (nSPS) is 10.9. The second kappa shape index (κ2) is 7.74. The van der Waals surface area contributed by atoms with E-state index in [0.717, 1.165) is 30.9 Å². The van der Waals surface area contributed by atoms with E-state index < -0.39 is 0 Å². The Labute approximate surface area is 125 Å². The maximum atomic E-state index is 13.7. The van der Waals surface area contributed by atoms with Crippen LogP contribution in [0.1, 0.15) is 24.5 Å². The molecule has 0 aliphatic carbocycles. The van der Waals surface area contributed by atoms with Crippen molar-refractivity contribution in [3.8, 4) is 0 Å². The zero-order valence-electron chi connectivity index (χ0n) is 12.6. The Kier molecular flexibility index (Phi) is 5.69. The molecule has 0 fully saturated rings. The standard InChI is InChI=1S/C17H22FN3/c1-3-10-19-17-15(8-6-11-20-17)13-21(2)12-14-7-4-5-9-16(14)18/h4-9,11H,3,10,12-13H2,1-2H3,(H,19,20). The van der Waals surface area contributed by atoms with E-state index in [4.69, 9.17) is 0 Å². The number of aromatic nitrogens is 1.